The molecule has 2 aromatic carbocycles. The molecule has 6 rings (SSSR count). The van der Waals surface area contributed by atoms with E-state index in [1.165, 1.54) is 12.1 Å². The normalized spacial score (nSPS) is 17.0. The van der Waals surface area contributed by atoms with Gasteiger partial charge in [-0.25, -0.2) is 9.78 Å². The summed E-state index contributed by atoms with van der Waals surface area (Å²) in [4.78, 5) is 52.8. The number of carboxylic acid groups (broad SMARTS) is 1. The second-order valence-electron chi connectivity index (χ2n) is 9.90. The molecule has 0 aliphatic carbocycles. The number of non-ortho nitro benzene ring substituents is 1. The van der Waals surface area contributed by atoms with E-state index in [4.69, 9.17) is 14.5 Å². The lowest BCUT2D eigenvalue weighted by Gasteiger charge is -2.31. The Morgan fingerprint density at radius 3 is 2.63 bits per heavy atom. The Balaban J connectivity index is 1.56. The third-order valence-corrected chi connectivity index (χ3v) is 7.84. The number of nitro benzene ring substituents is 1. The summed E-state index contributed by atoms with van der Waals surface area (Å²) in [6.45, 7) is 3.56. The van der Waals surface area contributed by atoms with E-state index in [9.17, 15) is 34.7 Å². The first-order chi connectivity index (χ1) is 19.6. The molecule has 0 saturated carbocycles. The zero-order valence-corrected chi connectivity index (χ0v) is 21.9. The number of esters is 1. The van der Waals surface area contributed by atoms with Crippen LogP contribution in [0.1, 0.15) is 42.5 Å². The highest BCUT2D eigenvalue weighted by molar-refractivity contribution is 5.93. The van der Waals surface area contributed by atoms with Crippen molar-refractivity contribution in [3.05, 3.63) is 85.2 Å². The van der Waals surface area contributed by atoms with E-state index in [2.05, 4.69) is 0 Å². The lowest BCUT2D eigenvalue weighted by molar-refractivity contribution is -0.384. The van der Waals surface area contributed by atoms with Gasteiger partial charge >= 0.3 is 5.97 Å². The van der Waals surface area contributed by atoms with Gasteiger partial charge in [0.05, 0.1) is 39.7 Å². The van der Waals surface area contributed by atoms with Crippen LogP contribution in [0.15, 0.2) is 47.3 Å². The van der Waals surface area contributed by atoms with Gasteiger partial charge in [0.25, 0.3) is 17.4 Å². The van der Waals surface area contributed by atoms with E-state index in [0.29, 0.717) is 34.3 Å². The van der Waals surface area contributed by atoms with Crippen LogP contribution >= 0.6 is 0 Å². The summed E-state index contributed by atoms with van der Waals surface area (Å²) in [7, 11) is 0. The second-order valence-corrected chi connectivity index (χ2v) is 9.90. The highest BCUT2D eigenvalue weighted by Gasteiger charge is 2.45. The van der Waals surface area contributed by atoms with Gasteiger partial charge in [-0.3, -0.25) is 14.9 Å². The lowest BCUT2D eigenvalue weighted by atomic mass is 9.86. The molecule has 0 spiro atoms. The zero-order valence-electron chi connectivity index (χ0n) is 21.9. The number of carbonyl (C=O) groups excluding carboxylic acids is 2. The standard InChI is InChI=1S/C29H23N3O9/c1-3-16-18-9-14(17-10-15(32(38)39)6-8-24(17)41-28(35)36)5-7-22(18)30-25-19(16)12-31-23(25)11-21-20(26(31)33)13-40-27(34)29(21,37)4-2/h5-11,37H,3-4,12-13H2,1-2H3,(H,35,36)/p-1/t29-/m0/s1. The van der Waals surface area contributed by atoms with Gasteiger partial charge in [-0.05, 0) is 48.2 Å². The Bertz CT molecular complexity index is 1900. The fraction of sp³-hybridized carbons (Fsp3) is 0.241. The Kier molecular flexibility index (Phi) is 5.89. The van der Waals surface area contributed by atoms with Crippen LogP contribution in [-0.4, -0.2) is 31.7 Å². The van der Waals surface area contributed by atoms with E-state index in [0.717, 1.165) is 17.2 Å². The van der Waals surface area contributed by atoms with Crippen molar-refractivity contribution in [1.29, 1.82) is 0 Å². The number of aromatic nitrogens is 2. The second kappa shape index (κ2) is 9.24. The fourth-order valence-corrected chi connectivity index (χ4v) is 5.77. The highest BCUT2D eigenvalue weighted by atomic mass is 16.7. The van der Waals surface area contributed by atoms with Crippen LogP contribution in [0.2, 0.25) is 0 Å². The van der Waals surface area contributed by atoms with Crippen LogP contribution in [0.5, 0.6) is 5.75 Å². The van der Waals surface area contributed by atoms with Crippen molar-refractivity contribution in [2.45, 2.75) is 45.4 Å². The van der Waals surface area contributed by atoms with Crippen molar-refractivity contribution in [3.63, 3.8) is 0 Å². The van der Waals surface area contributed by atoms with E-state index in [1.807, 2.05) is 6.92 Å². The van der Waals surface area contributed by atoms with Gasteiger partial charge in [-0.1, -0.05) is 19.9 Å². The Labute approximate surface area is 231 Å². The van der Waals surface area contributed by atoms with Crippen LogP contribution < -0.4 is 15.4 Å². The maximum absolute atomic E-state index is 13.5. The van der Waals surface area contributed by atoms with Crippen molar-refractivity contribution in [2.24, 2.45) is 0 Å². The number of rotatable bonds is 5. The quantitative estimate of drug-likeness (QED) is 0.147. The summed E-state index contributed by atoms with van der Waals surface area (Å²) in [6.07, 6.45) is -1.22. The van der Waals surface area contributed by atoms with E-state index >= 15 is 0 Å². The van der Waals surface area contributed by atoms with Crippen LogP contribution in [0, 0.1) is 10.1 Å². The Hall–Kier alpha value is -5.10. The molecule has 0 saturated heterocycles. The van der Waals surface area contributed by atoms with Crippen LogP contribution in [-0.2, 0) is 34.7 Å². The van der Waals surface area contributed by atoms with Crippen LogP contribution in [0.3, 0.4) is 0 Å². The number of ether oxygens (including phenoxy) is 2. The molecule has 4 aromatic rings. The van der Waals surface area contributed by atoms with Gasteiger partial charge in [0, 0.05) is 34.2 Å². The molecular weight excluding hydrogens is 534 g/mol. The fourth-order valence-electron chi connectivity index (χ4n) is 5.77. The molecule has 41 heavy (non-hydrogen) atoms. The Morgan fingerprint density at radius 2 is 1.95 bits per heavy atom. The molecule has 0 bridgehead atoms. The largest absolute Gasteiger partial charge is 0.513 e. The first-order valence-electron chi connectivity index (χ1n) is 12.9. The monoisotopic (exact) mass is 556 g/mol. The first kappa shape index (κ1) is 26.1. The molecule has 0 amide bonds. The number of fused-ring (bicyclic) bond motifs is 5. The van der Waals surface area contributed by atoms with Gasteiger partial charge in [0.1, 0.15) is 6.61 Å². The number of pyridine rings is 2. The van der Waals surface area contributed by atoms with E-state index < -0.39 is 22.6 Å². The number of hydrogen-bond acceptors (Lipinski definition) is 10. The number of benzene rings is 2. The topological polar surface area (TPSA) is 174 Å². The molecule has 2 aliphatic heterocycles. The average molecular weight is 557 g/mol. The predicted molar refractivity (Wildman–Crippen MR) is 142 cm³/mol. The molecule has 0 radical (unpaired) electrons. The summed E-state index contributed by atoms with van der Waals surface area (Å²) in [5.41, 5.74) is 1.80. The van der Waals surface area contributed by atoms with Crippen molar-refractivity contribution >= 4 is 28.7 Å². The van der Waals surface area contributed by atoms with Crippen molar-refractivity contribution < 1.29 is 34.2 Å². The predicted octanol–water partition coefficient (Wildman–Crippen LogP) is 2.94. The molecule has 0 fully saturated rings. The molecule has 1 N–H and O–H groups in total. The number of hydrogen-bond donors (Lipinski definition) is 1. The van der Waals surface area contributed by atoms with E-state index in [-0.39, 0.29) is 53.3 Å². The van der Waals surface area contributed by atoms with Gasteiger partial charge in [-0.15, -0.1) is 0 Å². The number of cyclic esters (lactones) is 1. The zero-order chi connectivity index (χ0) is 29.2. The summed E-state index contributed by atoms with van der Waals surface area (Å²) in [6, 6.07) is 10.3. The van der Waals surface area contributed by atoms with Crippen LogP contribution in [0.25, 0.3) is 33.4 Å². The number of nitro groups is 1. The summed E-state index contributed by atoms with van der Waals surface area (Å²) < 4.78 is 11.5. The molecular formula is C29H22N3O9-. The minimum Gasteiger partial charge on any atom is -0.513 e. The number of carbonyl (C=O) groups is 2. The molecule has 4 heterocycles. The highest BCUT2D eigenvalue weighted by Crippen LogP contribution is 2.42. The van der Waals surface area contributed by atoms with Crippen LogP contribution in [0.4, 0.5) is 10.5 Å². The van der Waals surface area contributed by atoms with Crippen molar-refractivity contribution in [2.75, 3.05) is 0 Å². The van der Waals surface area contributed by atoms with Gasteiger partial charge in [-0.2, -0.15) is 0 Å². The van der Waals surface area contributed by atoms with E-state index in [1.54, 1.807) is 35.8 Å². The lowest BCUT2D eigenvalue weighted by Crippen LogP contribution is -2.44. The average Bonchev–Trinajstić information content (AvgIpc) is 3.32. The maximum atomic E-state index is 13.5. The molecule has 0 unspecified atom stereocenters. The van der Waals surface area contributed by atoms with Crippen molar-refractivity contribution in [3.8, 4) is 28.3 Å². The minimum atomic E-state index is -1.94. The summed E-state index contributed by atoms with van der Waals surface area (Å²) in [5, 5.41) is 34.4. The maximum Gasteiger partial charge on any atom is 0.343 e. The number of nitrogens with zero attached hydrogens (tertiary/aromatic N) is 3. The van der Waals surface area contributed by atoms with Gasteiger partial charge < -0.3 is 29.0 Å². The molecule has 208 valence electrons. The summed E-state index contributed by atoms with van der Waals surface area (Å²) in [5.74, 6) is -0.918. The van der Waals surface area contributed by atoms with Gasteiger partial charge in [0.2, 0.25) is 0 Å². The first-order valence-corrected chi connectivity index (χ1v) is 12.9. The SMILES string of the molecule is CCc1c2c(nc3ccc(-c4cc([N+](=O)[O-])ccc4OC(=O)[O-])cc13)-c1cc3c(c(=O)n1C2)COC(=O)[C@]3(O)CC. The number of aryl methyl sites for hydroxylation is 1. The van der Waals surface area contributed by atoms with Crippen molar-refractivity contribution in [1.82, 2.24) is 9.55 Å². The molecule has 1 atom stereocenters. The summed E-state index contributed by atoms with van der Waals surface area (Å²) >= 11 is 0. The third-order valence-electron chi connectivity index (χ3n) is 7.84. The molecule has 12 nitrogen and oxygen atoms in total. The number of aliphatic hydroxyl groups is 1. The third kappa shape index (κ3) is 3.86. The molecule has 2 aromatic heterocycles. The molecule has 12 heteroatoms. The Morgan fingerprint density at radius 1 is 1.17 bits per heavy atom. The molecule has 2 aliphatic rings. The minimum absolute atomic E-state index is 0.0318. The van der Waals surface area contributed by atoms with Gasteiger partial charge in [0.15, 0.2) is 5.60 Å². The smallest absolute Gasteiger partial charge is 0.343 e.